The van der Waals surface area contributed by atoms with Crippen LogP contribution in [0.1, 0.15) is 32.1 Å². The molecule has 116 valence electrons. The van der Waals surface area contributed by atoms with Crippen LogP contribution < -0.4 is 10.2 Å². The molecule has 5 nitrogen and oxygen atoms in total. The second kappa shape index (κ2) is 7.09. The van der Waals surface area contributed by atoms with Gasteiger partial charge in [0.15, 0.2) is 0 Å². The van der Waals surface area contributed by atoms with Gasteiger partial charge < -0.3 is 15.3 Å². The summed E-state index contributed by atoms with van der Waals surface area (Å²) in [5.41, 5.74) is -0.441. The van der Waals surface area contributed by atoms with Crippen molar-refractivity contribution in [1.82, 2.24) is 10.3 Å². The third-order valence-electron chi connectivity index (χ3n) is 4.00. The first-order valence-electron chi connectivity index (χ1n) is 7.29. The van der Waals surface area contributed by atoms with Crippen LogP contribution in [0, 0.1) is 0 Å². The first kappa shape index (κ1) is 16.0. The molecule has 2 N–H and O–H groups in total. The van der Waals surface area contributed by atoms with Gasteiger partial charge in [-0.3, -0.25) is 4.79 Å². The maximum absolute atomic E-state index is 12.2. The summed E-state index contributed by atoms with van der Waals surface area (Å²) in [6.07, 6.45) is 6.52. The standard InChI is InChI=1S/C15H22ClN3O2/c1-19(13-6-5-12(16)9-17-13)10-14(21)18-15(11-20)7-3-2-4-8-15/h5-6,9,20H,2-4,7-8,10-11H2,1H3,(H,18,21). The van der Waals surface area contributed by atoms with Gasteiger partial charge in [-0.1, -0.05) is 30.9 Å². The van der Waals surface area contributed by atoms with Crippen LogP contribution >= 0.6 is 11.6 Å². The molecule has 0 radical (unpaired) electrons. The van der Waals surface area contributed by atoms with E-state index in [1.54, 1.807) is 23.2 Å². The Labute approximate surface area is 130 Å². The van der Waals surface area contributed by atoms with E-state index in [-0.39, 0.29) is 19.1 Å². The topological polar surface area (TPSA) is 65.5 Å². The lowest BCUT2D eigenvalue weighted by Gasteiger charge is -2.37. The maximum atomic E-state index is 12.2. The van der Waals surface area contributed by atoms with E-state index in [1.807, 2.05) is 7.05 Å². The van der Waals surface area contributed by atoms with Crippen molar-refractivity contribution in [2.24, 2.45) is 0 Å². The van der Waals surface area contributed by atoms with Crippen molar-refractivity contribution in [2.45, 2.75) is 37.6 Å². The molecule has 1 fully saturated rings. The summed E-state index contributed by atoms with van der Waals surface area (Å²) in [5, 5.41) is 13.2. The molecule has 1 saturated carbocycles. The van der Waals surface area contributed by atoms with Crippen LogP contribution in [0.4, 0.5) is 5.82 Å². The lowest BCUT2D eigenvalue weighted by molar-refractivity contribution is -0.122. The fourth-order valence-corrected chi connectivity index (χ4v) is 2.89. The molecule has 0 spiro atoms. The number of carbonyl (C=O) groups excluding carboxylic acids is 1. The summed E-state index contributed by atoms with van der Waals surface area (Å²) in [7, 11) is 1.81. The van der Waals surface area contributed by atoms with Crippen molar-refractivity contribution >= 4 is 23.3 Å². The van der Waals surface area contributed by atoms with Crippen LogP contribution in [-0.2, 0) is 4.79 Å². The quantitative estimate of drug-likeness (QED) is 0.872. The van der Waals surface area contributed by atoms with Crippen LogP contribution in [0.2, 0.25) is 5.02 Å². The first-order valence-corrected chi connectivity index (χ1v) is 7.67. The zero-order valence-corrected chi connectivity index (χ0v) is 13.1. The SMILES string of the molecule is CN(CC(=O)NC1(CO)CCCCC1)c1ccc(Cl)cn1. The number of nitrogens with zero attached hydrogens (tertiary/aromatic N) is 2. The molecular weight excluding hydrogens is 290 g/mol. The number of carbonyl (C=O) groups is 1. The Morgan fingerprint density at radius 2 is 2.14 bits per heavy atom. The number of aliphatic hydroxyl groups is 1. The Bertz CT molecular complexity index is 472. The number of nitrogens with one attached hydrogen (secondary N) is 1. The van der Waals surface area contributed by atoms with Crippen LogP contribution in [0.25, 0.3) is 0 Å². The Hall–Kier alpha value is -1.33. The van der Waals surface area contributed by atoms with Gasteiger partial charge in [0.1, 0.15) is 5.82 Å². The molecule has 2 rings (SSSR count). The third kappa shape index (κ3) is 4.32. The third-order valence-corrected chi connectivity index (χ3v) is 4.23. The summed E-state index contributed by atoms with van der Waals surface area (Å²) in [6.45, 7) is 0.206. The number of rotatable bonds is 5. The Morgan fingerprint density at radius 3 is 2.71 bits per heavy atom. The molecule has 21 heavy (non-hydrogen) atoms. The van der Waals surface area contributed by atoms with Gasteiger partial charge in [0.2, 0.25) is 5.91 Å². The molecule has 0 unspecified atom stereocenters. The predicted molar refractivity (Wildman–Crippen MR) is 83.6 cm³/mol. The molecule has 0 bridgehead atoms. The highest BCUT2D eigenvalue weighted by molar-refractivity contribution is 6.30. The normalized spacial score (nSPS) is 17.3. The number of likely N-dealkylation sites (N-methyl/N-ethyl adjacent to an activating group) is 1. The van der Waals surface area contributed by atoms with E-state index in [0.29, 0.717) is 10.8 Å². The number of aliphatic hydroxyl groups excluding tert-OH is 1. The molecule has 1 aromatic heterocycles. The molecule has 1 amide bonds. The lowest BCUT2D eigenvalue weighted by Crippen LogP contribution is -2.54. The molecule has 1 heterocycles. The van der Waals surface area contributed by atoms with Crippen molar-refractivity contribution in [1.29, 1.82) is 0 Å². The van der Waals surface area contributed by atoms with E-state index in [4.69, 9.17) is 11.6 Å². The number of pyridine rings is 1. The van der Waals surface area contributed by atoms with Crippen molar-refractivity contribution in [2.75, 3.05) is 25.1 Å². The van der Waals surface area contributed by atoms with E-state index >= 15 is 0 Å². The van der Waals surface area contributed by atoms with Crippen LogP contribution in [0.3, 0.4) is 0 Å². The van der Waals surface area contributed by atoms with Gasteiger partial charge in [-0.25, -0.2) is 4.98 Å². The van der Waals surface area contributed by atoms with E-state index in [9.17, 15) is 9.90 Å². The average Bonchev–Trinajstić information content (AvgIpc) is 2.48. The highest BCUT2D eigenvalue weighted by atomic mass is 35.5. The minimum atomic E-state index is -0.441. The van der Waals surface area contributed by atoms with Crippen molar-refractivity contribution in [3.63, 3.8) is 0 Å². The van der Waals surface area contributed by atoms with E-state index in [2.05, 4.69) is 10.3 Å². The summed E-state index contributed by atoms with van der Waals surface area (Å²) in [6, 6.07) is 3.52. The number of anilines is 1. The lowest BCUT2D eigenvalue weighted by atomic mass is 9.82. The first-order chi connectivity index (χ1) is 10.0. The van der Waals surface area contributed by atoms with Crippen LogP contribution in [-0.4, -0.2) is 41.7 Å². The van der Waals surface area contributed by atoms with Crippen molar-refractivity contribution in [3.05, 3.63) is 23.4 Å². The highest BCUT2D eigenvalue weighted by Gasteiger charge is 2.32. The van der Waals surface area contributed by atoms with Gasteiger partial charge in [-0.2, -0.15) is 0 Å². The van der Waals surface area contributed by atoms with Gasteiger partial charge in [0, 0.05) is 13.2 Å². The van der Waals surface area contributed by atoms with Crippen molar-refractivity contribution in [3.8, 4) is 0 Å². The second-order valence-electron chi connectivity index (χ2n) is 5.74. The van der Waals surface area contributed by atoms with Crippen LogP contribution in [0.15, 0.2) is 18.3 Å². The summed E-state index contributed by atoms with van der Waals surface area (Å²) in [5.74, 6) is 0.599. The number of hydrogen-bond acceptors (Lipinski definition) is 4. The molecule has 6 heteroatoms. The summed E-state index contributed by atoms with van der Waals surface area (Å²) >= 11 is 5.80. The summed E-state index contributed by atoms with van der Waals surface area (Å²) < 4.78 is 0. The second-order valence-corrected chi connectivity index (χ2v) is 6.17. The van der Waals surface area contributed by atoms with E-state index in [0.717, 1.165) is 25.7 Å². The molecular formula is C15H22ClN3O2. The summed E-state index contributed by atoms with van der Waals surface area (Å²) in [4.78, 5) is 18.2. The molecule has 1 aliphatic carbocycles. The van der Waals surface area contributed by atoms with Gasteiger partial charge in [0.25, 0.3) is 0 Å². The fraction of sp³-hybridized carbons (Fsp3) is 0.600. The van der Waals surface area contributed by atoms with E-state index in [1.165, 1.54) is 6.42 Å². The number of hydrogen-bond donors (Lipinski definition) is 2. The van der Waals surface area contributed by atoms with Gasteiger partial charge in [-0.05, 0) is 25.0 Å². The molecule has 0 atom stereocenters. The zero-order chi connectivity index (χ0) is 15.3. The fourth-order valence-electron chi connectivity index (χ4n) is 2.78. The number of amides is 1. The van der Waals surface area contributed by atoms with E-state index < -0.39 is 5.54 Å². The van der Waals surface area contributed by atoms with Gasteiger partial charge in [0.05, 0.1) is 23.7 Å². The van der Waals surface area contributed by atoms with Crippen molar-refractivity contribution < 1.29 is 9.90 Å². The maximum Gasteiger partial charge on any atom is 0.240 e. The molecule has 0 saturated heterocycles. The number of aromatic nitrogens is 1. The Kier molecular flexibility index (Phi) is 5.42. The van der Waals surface area contributed by atoms with Gasteiger partial charge >= 0.3 is 0 Å². The highest BCUT2D eigenvalue weighted by Crippen LogP contribution is 2.27. The molecule has 0 aliphatic heterocycles. The van der Waals surface area contributed by atoms with Gasteiger partial charge in [-0.15, -0.1) is 0 Å². The minimum Gasteiger partial charge on any atom is -0.394 e. The zero-order valence-electron chi connectivity index (χ0n) is 12.3. The molecule has 1 aromatic rings. The number of halogens is 1. The smallest absolute Gasteiger partial charge is 0.240 e. The largest absolute Gasteiger partial charge is 0.394 e. The Balaban J connectivity index is 1.92. The molecule has 1 aliphatic rings. The Morgan fingerprint density at radius 1 is 1.43 bits per heavy atom. The average molecular weight is 312 g/mol. The van der Waals surface area contributed by atoms with Crippen LogP contribution in [0.5, 0.6) is 0 Å². The molecule has 0 aromatic carbocycles. The predicted octanol–water partition coefficient (Wildman–Crippen LogP) is 1.98. The monoisotopic (exact) mass is 311 g/mol. The minimum absolute atomic E-state index is 0.00164.